The topological polar surface area (TPSA) is 84.6 Å². The summed E-state index contributed by atoms with van der Waals surface area (Å²) in [5.74, 6) is -0.00356. The van der Waals surface area contributed by atoms with Gasteiger partial charge in [0.25, 0.3) is 0 Å². The van der Waals surface area contributed by atoms with Crippen molar-refractivity contribution in [1.82, 2.24) is 5.32 Å². The second-order valence-corrected chi connectivity index (χ2v) is 4.10. The van der Waals surface area contributed by atoms with Crippen molar-refractivity contribution in [2.24, 2.45) is 5.73 Å². The average molecular weight is 232 g/mol. The van der Waals surface area contributed by atoms with Crippen molar-refractivity contribution in [3.05, 3.63) is 0 Å². The van der Waals surface area contributed by atoms with Gasteiger partial charge in [-0.15, -0.1) is 0 Å². The van der Waals surface area contributed by atoms with Crippen molar-refractivity contribution in [2.45, 2.75) is 44.7 Å². The average Bonchev–Trinajstić information content (AvgIpc) is 2.17. The number of methoxy groups -OCH3 is 1. The summed E-state index contributed by atoms with van der Waals surface area (Å²) in [4.78, 5) is 11.5. The Bertz CT molecular complexity index is 180. The summed E-state index contributed by atoms with van der Waals surface area (Å²) in [6.07, 6.45) is 2.64. The van der Waals surface area contributed by atoms with Gasteiger partial charge in [0.1, 0.15) is 0 Å². The molecule has 2 atom stereocenters. The fourth-order valence-electron chi connectivity index (χ4n) is 1.44. The molecule has 0 aromatic heterocycles. The normalized spacial score (nSPS) is 14.5. The molecule has 5 nitrogen and oxygen atoms in total. The first-order valence-electron chi connectivity index (χ1n) is 5.74. The number of aliphatic hydroxyl groups is 1. The zero-order chi connectivity index (χ0) is 12.4. The van der Waals surface area contributed by atoms with E-state index in [0.717, 1.165) is 12.8 Å². The number of nitrogens with one attached hydrogen (secondary N) is 1. The van der Waals surface area contributed by atoms with Crippen molar-refractivity contribution in [3.63, 3.8) is 0 Å². The molecule has 4 N–H and O–H groups in total. The highest BCUT2D eigenvalue weighted by Gasteiger charge is 2.11. The van der Waals surface area contributed by atoms with Gasteiger partial charge in [-0.3, -0.25) is 4.79 Å². The molecule has 96 valence electrons. The SMILES string of the molecule is COCC(CCO)NC(=O)CCCC(C)N. The summed E-state index contributed by atoms with van der Waals surface area (Å²) in [5, 5.41) is 11.6. The minimum Gasteiger partial charge on any atom is -0.396 e. The Labute approximate surface area is 97.3 Å². The monoisotopic (exact) mass is 232 g/mol. The van der Waals surface area contributed by atoms with Crippen LogP contribution in [0.3, 0.4) is 0 Å². The number of carbonyl (C=O) groups excluding carboxylic acids is 1. The van der Waals surface area contributed by atoms with Gasteiger partial charge in [-0.05, 0) is 26.2 Å². The predicted octanol–water partition coefficient (Wildman–Crippen LogP) is 0.0175. The fourth-order valence-corrected chi connectivity index (χ4v) is 1.44. The van der Waals surface area contributed by atoms with Crippen LogP contribution in [0.25, 0.3) is 0 Å². The highest BCUT2D eigenvalue weighted by molar-refractivity contribution is 5.76. The van der Waals surface area contributed by atoms with E-state index in [-0.39, 0.29) is 24.6 Å². The molecule has 16 heavy (non-hydrogen) atoms. The number of aliphatic hydroxyl groups excluding tert-OH is 1. The molecule has 0 rings (SSSR count). The van der Waals surface area contributed by atoms with Gasteiger partial charge in [0.15, 0.2) is 0 Å². The Kier molecular flexibility index (Phi) is 9.18. The molecule has 0 aromatic carbocycles. The van der Waals surface area contributed by atoms with E-state index in [9.17, 15) is 4.79 Å². The molecule has 2 unspecified atom stereocenters. The Hall–Kier alpha value is -0.650. The van der Waals surface area contributed by atoms with Gasteiger partial charge < -0.3 is 20.9 Å². The molecule has 0 fully saturated rings. The van der Waals surface area contributed by atoms with E-state index in [1.165, 1.54) is 0 Å². The van der Waals surface area contributed by atoms with E-state index < -0.39 is 0 Å². The number of carbonyl (C=O) groups is 1. The van der Waals surface area contributed by atoms with Gasteiger partial charge in [0.05, 0.1) is 12.6 Å². The van der Waals surface area contributed by atoms with Crippen LogP contribution >= 0.6 is 0 Å². The Balaban J connectivity index is 3.72. The zero-order valence-corrected chi connectivity index (χ0v) is 10.2. The number of rotatable bonds is 9. The third kappa shape index (κ3) is 8.64. The Morgan fingerprint density at radius 2 is 2.19 bits per heavy atom. The van der Waals surface area contributed by atoms with Crippen LogP contribution in [0.4, 0.5) is 0 Å². The van der Waals surface area contributed by atoms with E-state index in [2.05, 4.69) is 5.32 Å². The maximum Gasteiger partial charge on any atom is 0.220 e. The van der Waals surface area contributed by atoms with Gasteiger partial charge in [-0.1, -0.05) is 0 Å². The first-order chi connectivity index (χ1) is 7.60. The van der Waals surface area contributed by atoms with Crippen molar-refractivity contribution in [1.29, 1.82) is 0 Å². The van der Waals surface area contributed by atoms with Crippen molar-refractivity contribution < 1.29 is 14.6 Å². The number of ether oxygens (including phenoxy) is 1. The first-order valence-corrected chi connectivity index (χ1v) is 5.74. The minimum atomic E-state index is -0.0993. The van der Waals surface area contributed by atoms with Crippen LogP contribution in [0.5, 0.6) is 0 Å². The van der Waals surface area contributed by atoms with Gasteiger partial charge in [-0.2, -0.15) is 0 Å². The third-order valence-corrected chi connectivity index (χ3v) is 2.27. The van der Waals surface area contributed by atoms with Crippen molar-refractivity contribution in [2.75, 3.05) is 20.3 Å². The van der Waals surface area contributed by atoms with Crippen LogP contribution in [0, 0.1) is 0 Å². The molecule has 0 saturated heterocycles. The molecule has 5 heteroatoms. The molecule has 0 aromatic rings. The minimum absolute atomic E-state index is 0.00356. The van der Waals surface area contributed by atoms with E-state index in [4.69, 9.17) is 15.6 Å². The third-order valence-electron chi connectivity index (χ3n) is 2.27. The van der Waals surface area contributed by atoms with Gasteiger partial charge in [-0.25, -0.2) is 0 Å². The number of hydrogen-bond donors (Lipinski definition) is 3. The summed E-state index contributed by atoms with van der Waals surface area (Å²) < 4.78 is 4.95. The van der Waals surface area contributed by atoms with Crippen LogP contribution in [0.1, 0.15) is 32.6 Å². The van der Waals surface area contributed by atoms with Crippen molar-refractivity contribution in [3.8, 4) is 0 Å². The lowest BCUT2D eigenvalue weighted by atomic mass is 10.1. The molecular formula is C11H24N2O3. The van der Waals surface area contributed by atoms with Gasteiger partial charge in [0, 0.05) is 26.2 Å². The van der Waals surface area contributed by atoms with E-state index in [0.29, 0.717) is 19.4 Å². The van der Waals surface area contributed by atoms with E-state index in [1.807, 2.05) is 6.92 Å². The molecule has 0 aliphatic rings. The molecule has 0 heterocycles. The highest BCUT2D eigenvalue weighted by atomic mass is 16.5. The number of amides is 1. The number of hydrogen-bond acceptors (Lipinski definition) is 4. The largest absolute Gasteiger partial charge is 0.396 e. The second-order valence-electron chi connectivity index (χ2n) is 4.10. The van der Waals surface area contributed by atoms with Crippen LogP contribution in [-0.2, 0) is 9.53 Å². The number of nitrogens with two attached hydrogens (primary N) is 1. The fraction of sp³-hybridized carbons (Fsp3) is 0.909. The maximum absolute atomic E-state index is 11.5. The Morgan fingerprint density at radius 1 is 1.50 bits per heavy atom. The van der Waals surface area contributed by atoms with Crippen LogP contribution in [0.2, 0.25) is 0 Å². The summed E-state index contributed by atoms with van der Waals surface area (Å²) in [7, 11) is 1.58. The first kappa shape index (κ1) is 15.3. The Morgan fingerprint density at radius 3 is 2.69 bits per heavy atom. The van der Waals surface area contributed by atoms with E-state index >= 15 is 0 Å². The van der Waals surface area contributed by atoms with Crippen LogP contribution in [-0.4, -0.2) is 43.4 Å². The predicted molar refractivity (Wildman–Crippen MR) is 63.0 cm³/mol. The molecule has 0 aliphatic carbocycles. The molecule has 1 amide bonds. The molecule has 0 saturated carbocycles. The lowest BCUT2D eigenvalue weighted by Gasteiger charge is -2.16. The van der Waals surface area contributed by atoms with Crippen molar-refractivity contribution >= 4 is 5.91 Å². The maximum atomic E-state index is 11.5. The van der Waals surface area contributed by atoms with Crippen LogP contribution in [0.15, 0.2) is 0 Å². The van der Waals surface area contributed by atoms with Crippen LogP contribution < -0.4 is 11.1 Å². The lowest BCUT2D eigenvalue weighted by Crippen LogP contribution is -2.38. The summed E-state index contributed by atoms with van der Waals surface area (Å²) in [6.45, 7) is 2.41. The highest BCUT2D eigenvalue weighted by Crippen LogP contribution is 2.00. The summed E-state index contributed by atoms with van der Waals surface area (Å²) in [5.41, 5.74) is 5.59. The summed E-state index contributed by atoms with van der Waals surface area (Å²) in [6, 6.07) is 0.0396. The summed E-state index contributed by atoms with van der Waals surface area (Å²) >= 11 is 0. The lowest BCUT2D eigenvalue weighted by molar-refractivity contribution is -0.122. The molecular weight excluding hydrogens is 208 g/mol. The molecule has 0 spiro atoms. The van der Waals surface area contributed by atoms with Gasteiger partial charge >= 0.3 is 0 Å². The molecule has 0 bridgehead atoms. The standard InChI is InChI=1S/C11H24N2O3/c1-9(12)4-3-5-11(15)13-10(6-7-14)8-16-2/h9-10,14H,3-8,12H2,1-2H3,(H,13,15). The smallest absolute Gasteiger partial charge is 0.220 e. The van der Waals surface area contributed by atoms with E-state index in [1.54, 1.807) is 7.11 Å². The second kappa shape index (κ2) is 9.57. The zero-order valence-electron chi connectivity index (χ0n) is 10.2. The molecule has 0 aliphatic heterocycles. The molecule has 0 radical (unpaired) electrons. The quantitative estimate of drug-likeness (QED) is 0.523. The van der Waals surface area contributed by atoms with Gasteiger partial charge in [0.2, 0.25) is 5.91 Å².